The van der Waals surface area contributed by atoms with E-state index >= 15 is 0 Å². The van der Waals surface area contributed by atoms with Crippen molar-refractivity contribution < 1.29 is 4.42 Å². The number of benzene rings is 9. The zero-order valence-corrected chi connectivity index (χ0v) is 29.6. The molecule has 0 amide bonds. The van der Waals surface area contributed by atoms with Gasteiger partial charge >= 0.3 is 0 Å². The molecule has 1 aromatic heterocycles. The maximum absolute atomic E-state index is 6.80. The van der Waals surface area contributed by atoms with Gasteiger partial charge in [-0.15, -0.1) is 0 Å². The van der Waals surface area contributed by atoms with Gasteiger partial charge in [-0.25, -0.2) is 0 Å². The minimum absolute atomic E-state index is 0.191. The van der Waals surface area contributed by atoms with E-state index in [9.17, 15) is 0 Å². The lowest BCUT2D eigenvalue weighted by molar-refractivity contribution is 0.661. The van der Waals surface area contributed by atoms with E-state index < -0.39 is 0 Å². The largest absolute Gasteiger partial charge is 0.454 e. The van der Waals surface area contributed by atoms with Crippen LogP contribution in [0.25, 0.3) is 76.5 Å². The van der Waals surface area contributed by atoms with Crippen molar-refractivity contribution in [2.45, 2.75) is 19.3 Å². The second kappa shape index (κ2) is 11.2. The molecule has 0 aliphatic heterocycles. The first-order valence-electron chi connectivity index (χ1n) is 18.4. The number of nitrogens with zero attached hydrogens (tertiary/aromatic N) is 1. The fourth-order valence-electron chi connectivity index (χ4n) is 9.04. The van der Waals surface area contributed by atoms with Crippen molar-refractivity contribution in [2.75, 3.05) is 4.90 Å². The van der Waals surface area contributed by atoms with Gasteiger partial charge in [0, 0.05) is 27.4 Å². The van der Waals surface area contributed by atoms with Gasteiger partial charge in [0.05, 0.1) is 11.4 Å². The van der Waals surface area contributed by atoms with Gasteiger partial charge in [0.25, 0.3) is 0 Å². The minimum atomic E-state index is -0.191. The average molecular weight is 678 g/mol. The van der Waals surface area contributed by atoms with Gasteiger partial charge in [-0.05, 0) is 103 Å². The van der Waals surface area contributed by atoms with Crippen LogP contribution in [-0.2, 0) is 5.41 Å². The fraction of sp³-hybridized carbons (Fsp3) is 0.0588. The molecule has 1 aliphatic rings. The second-order valence-corrected chi connectivity index (χ2v) is 14.9. The lowest BCUT2D eigenvalue weighted by Crippen LogP contribution is -2.17. The molecule has 2 heteroatoms. The lowest BCUT2D eigenvalue weighted by Gasteiger charge is -2.30. The van der Waals surface area contributed by atoms with E-state index in [1.54, 1.807) is 0 Å². The molecule has 0 radical (unpaired) electrons. The highest BCUT2D eigenvalue weighted by Gasteiger charge is 2.37. The molecule has 1 heterocycles. The Morgan fingerprint density at radius 1 is 0.415 bits per heavy atom. The molecule has 0 saturated heterocycles. The van der Waals surface area contributed by atoms with Crippen molar-refractivity contribution >= 4 is 71.3 Å². The topological polar surface area (TPSA) is 16.4 Å². The molecule has 9 aromatic carbocycles. The first-order chi connectivity index (χ1) is 26.0. The summed E-state index contributed by atoms with van der Waals surface area (Å²) in [5.74, 6) is 0. The molecule has 0 saturated carbocycles. The molecule has 0 unspecified atom stereocenters. The Kier molecular flexibility index (Phi) is 6.33. The van der Waals surface area contributed by atoms with Crippen LogP contribution in [0.4, 0.5) is 17.1 Å². The molecule has 53 heavy (non-hydrogen) atoms. The van der Waals surface area contributed by atoms with E-state index in [0.29, 0.717) is 0 Å². The Balaban J connectivity index is 1.23. The predicted octanol–water partition coefficient (Wildman–Crippen LogP) is 14.5. The molecular weight excluding hydrogens is 643 g/mol. The third-order valence-electron chi connectivity index (χ3n) is 11.6. The number of rotatable bonds is 4. The highest BCUT2D eigenvalue weighted by atomic mass is 16.3. The summed E-state index contributed by atoms with van der Waals surface area (Å²) in [6, 6.07) is 64.3. The number of para-hydroxylation sites is 2. The number of fused-ring (bicyclic) bond motifs is 9. The summed E-state index contributed by atoms with van der Waals surface area (Å²) in [6.45, 7) is 4.75. The van der Waals surface area contributed by atoms with Crippen LogP contribution in [0.3, 0.4) is 0 Å². The van der Waals surface area contributed by atoms with Crippen molar-refractivity contribution in [2.24, 2.45) is 0 Å². The monoisotopic (exact) mass is 677 g/mol. The van der Waals surface area contributed by atoms with Crippen LogP contribution in [0.5, 0.6) is 0 Å². The number of hydrogen-bond donors (Lipinski definition) is 0. The molecule has 2 nitrogen and oxygen atoms in total. The number of anilines is 3. The highest BCUT2D eigenvalue weighted by Crippen LogP contribution is 2.54. The average Bonchev–Trinajstić information content (AvgIpc) is 3.69. The van der Waals surface area contributed by atoms with Crippen LogP contribution >= 0.6 is 0 Å². The Hall–Kier alpha value is -6.64. The SMILES string of the molecule is CC1(C)c2cc(N(c3ccc4ccccc4c3-c3cccc4ccccc34)c3cccc4c3oc3ccccc34)ccc2-c2cc3ccccc3cc21. The zero-order valence-electron chi connectivity index (χ0n) is 29.6. The standard InChI is InChI=1S/C51H35NO/c1-51(2)44-30-35-16-4-3-15-34(35)29-43(44)39-27-26-36(31-45(39)51)52(47-23-12-22-42-40-20-9-10-24-48(40)53-50(42)47)46-28-25-33-14-6-8-19-38(33)49(46)41-21-11-17-32-13-5-7-18-37(32)41/h3-31H,1-2H3. The molecule has 0 atom stereocenters. The zero-order chi connectivity index (χ0) is 35.3. The van der Waals surface area contributed by atoms with Gasteiger partial charge in [0.1, 0.15) is 5.58 Å². The summed E-state index contributed by atoms with van der Waals surface area (Å²) in [7, 11) is 0. The maximum Gasteiger partial charge on any atom is 0.159 e. The Labute approximate surface area is 308 Å². The van der Waals surface area contributed by atoms with Gasteiger partial charge in [0.15, 0.2) is 5.58 Å². The van der Waals surface area contributed by atoms with Crippen LogP contribution in [0, 0.1) is 0 Å². The van der Waals surface area contributed by atoms with Crippen molar-refractivity contribution in [1.82, 2.24) is 0 Å². The summed E-state index contributed by atoms with van der Waals surface area (Å²) in [6.07, 6.45) is 0. The van der Waals surface area contributed by atoms with Crippen molar-refractivity contribution in [1.29, 1.82) is 0 Å². The Bertz CT molecular complexity index is 3100. The van der Waals surface area contributed by atoms with Gasteiger partial charge in [-0.1, -0.05) is 147 Å². The number of furan rings is 1. The molecule has 10 aromatic rings. The molecule has 0 bridgehead atoms. The third-order valence-corrected chi connectivity index (χ3v) is 11.6. The van der Waals surface area contributed by atoms with Crippen LogP contribution in [-0.4, -0.2) is 0 Å². The molecule has 0 fully saturated rings. The summed E-state index contributed by atoms with van der Waals surface area (Å²) < 4.78 is 6.80. The quantitative estimate of drug-likeness (QED) is 0.184. The second-order valence-electron chi connectivity index (χ2n) is 14.9. The smallest absolute Gasteiger partial charge is 0.159 e. The maximum atomic E-state index is 6.80. The Morgan fingerprint density at radius 2 is 1.04 bits per heavy atom. The van der Waals surface area contributed by atoms with Crippen molar-refractivity contribution in [3.63, 3.8) is 0 Å². The van der Waals surface area contributed by atoms with E-state index in [0.717, 1.165) is 39.0 Å². The number of hydrogen-bond acceptors (Lipinski definition) is 2. The van der Waals surface area contributed by atoms with E-state index in [1.165, 1.54) is 65.7 Å². The van der Waals surface area contributed by atoms with Crippen LogP contribution < -0.4 is 4.90 Å². The predicted molar refractivity (Wildman–Crippen MR) is 224 cm³/mol. The fourth-order valence-corrected chi connectivity index (χ4v) is 9.04. The Morgan fingerprint density at radius 3 is 1.87 bits per heavy atom. The van der Waals surface area contributed by atoms with E-state index in [4.69, 9.17) is 4.42 Å². The summed E-state index contributed by atoms with van der Waals surface area (Å²) in [5, 5.41) is 9.65. The van der Waals surface area contributed by atoms with E-state index in [-0.39, 0.29) is 5.41 Å². The third kappa shape index (κ3) is 4.39. The molecule has 0 spiro atoms. The van der Waals surface area contributed by atoms with Gasteiger partial charge in [-0.3, -0.25) is 0 Å². The normalized spacial score (nSPS) is 13.2. The first kappa shape index (κ1) is 30.0. The summed E-state index contributed by atoms with van der Waals surface area (Å²) >= 11 is 0. The summed E-state index contributed by atoms with van der Waals surface area (Å²) in [4.78, 5) is 2.45. The van der Waals surface area contributed by atoms with Crippen LogP contribution in [0.1, 0.15) is 25.0 Å². The lowest BCUT2D eigenvalue weighted by atomic mass is 9.81. The van der Waals surface area contributed by atoms with E-state index in [1.807, 2.05) is 6.07 Å². The van der Waals surface area contributed by atoms with Gasteiger partial charge in [0.2, 0.25) is 0 Å². The van der Waals surface area contributed by atoms with Crippen molar-refractivity contribution in [3.05, 3.63) is 187 Å². The van der Waals surface area contributed by atoms with E-state index in [2.05, 4.69) is 189 Å². The van der Waals surface area contributed by atoms with Crippen molar-refractivity contribution in [3.8, 4) is 22.3 Å². The summed E-state index contributed by atoms with van der Waals surface area (Å²) in [5.41, 5.74) is 12.5. The molecule has 11 rings (SSSR count). The first-order valence-corrected chi connectivity index (χ1v) is 18.4. The van der Waals surface area contributed by atoms with Gasteiger partial charge in [-0.2, -0.15) is 0 Å². The van der Waals surface area contributed by atoms with Crippen LogP contribution in [0.2, 0.25) is 0 Å². The molecule has 250 valence electrons. The molecule has 1 aliphatic carbocycles. The molecule has 0 N–H and O–H groups in total. The molecular formula is C51H35NO. The van der Waals surface area contributed by atoms with Gasteiger partial charge < -0.3 is 9.32 Å². The minimum Gasteiger partial charge on any atom is -0.454 e. The highest BCUT2D eigenvalue weighted by molar-refractivity contribution is 6.14. The van der Waals surface area contributed by atoms with Crippen LogP contribution in [0.15, 0.2) is 180 Å².